The third kappa shape index (κ3) is 6.02. The summed E-state index contributed by atoms with van der Waals surface area (Å²) < 4.78 is 41.8. The van der Waals surface area contributed by atoms with Crippen LogP contribution in [0, 0.1) is 11.6 Å². The zero-order valence-electron chi connectivity index (χ0n) is 15.5. The van der Waals surface area contributed by atoms with Gasteiger partial charge in [-0.05, 0) is 25.5 Å². The first-order chi connectivity index (χ1) is 13.4. The van der Waals surface area contributed by atoms with E-state index in [1.54, 1.807) is 0 Å². The number of rotatable bonds is 9. The Balaban J connectivity index is 2.09. The van der Waals surface area contributed by atoms with Crippen molar-refractivity contribution >= 4 is 17.7 Å². The first-order valence-electron chi connectivity index (χ1n) is 8.56. The lowest BCUT2D eigenvalue weighted by atomic mass is 10.3. The van der Waals surface area contributed by atoms with Crippen molar-refractivity contribution in [1.29, 1.82) is 0 Å². The van der Waals surface area contributed by atoms with E-state index in [1.807, 2.05) is 6.92 Å². The van der Waals surface area contributed by atoms with Gasteiger partial charge < -0.3 is 24.1 Å². The molecule has 2 amide bonds. The summed E-state index contributed by atoms with van der Waals surface area (Å²) in [5, 5.41) is 2.38. The average molecular weight is 397 g/mol. The minimum Gasteiger partial charge on any atom is -0.464 e. The molecule has 2 rings (SSSR count). The molecule has 0 atom stereocenters. The van der Waals surface area contributed by atoms with Crippen LogP contribution < -0.4 is 5.32 Å². The lowest BCUT2D eigenvalue weighted by Crippen LogP contribution is -2.36. The van der Waals surface area contributed by atoms with E-state index < -0.39 is 23.6 Å². The molecule has 0 saturated carbocycles. The molecule has 0 spiro atoms. The Kier molecular flexibility index (Phi) is 7.88. The topological polar surface area (TPSA) is 93.9 Å². The van der Waals surface area contributed by atoms with Crippen LogP contribution in [0.5, 0.6) is 0 Å². The molecule has 1 aromatic heterocycles. The second kappa shape index (κ2) is 10.4. The second-order valence-corrected chi connectivity index (χ2v) is 5.64. The molecule has 152 valence electrons. The summed E-state index contributed by atoms with van der Waals surface area (Å²) in [6, 6.07) is 2.20. The lowest BCUT2D eigenvalue weighted by Gasteiger charge is -2.22. The first-order valence-corrected chi connectivity index (χ1v) is 8.56. The van der Waals surface area contributed by atoms with Crippen LogP contribution >= 0.6 is 0 Å². The number of esters is 1. The fraction of sp³-hybridized carbons (Fsp3) is 0.389. The monoisotopic (exact) mass is 397 g/mol. The van der Waals surface area contributed by atoms with Gasteiger partial charge in [0.1, 0.15) is 17.9 Å². The van der Waals surface area contributed by atoms with Crippen LogP contribution in [0.2, 0.25) is 0 Å². The number of oxazole rings is 1. The van der Waals surface area contributed by atoms with Crippen molar-refractivity contribution in [3.8, 4) is 0 Å². The van der Waals surface area contributed by atoms with Gasteiger partial charge in [-0.2, -0.15) is 0 Å². The van der Waals surface area contributed by atoms with Gasteiger partial charge in [0, 0.05) is 25.8 Å². The molecule has 0 aliphatic rings. The number of carbonyl (C=O) groups excluding carboxylic acids is 2. The molecule has 28 heavy (non-hydrogen) atoms. The number of aromatic nitrogens is 1. The van der Waals surface area contributed by atoms with Gasteiger partial charge >= 0.3 is 12.0 Å². The summed E-state index contributed by atoms with van der Waals surface area (Å²) in [7, 11) is 1.21. The number of halogens is 2. The van der Waals surface area contributed by atoms with Crippen molar-refractivity contribution in [2.45, 2.75) is 19.9 Å². The number of hydrogen-bond acceptors (Lipinski definition) is 6. The van der Waals surface area contributed by atoms with Crippen LogP contribution in [0.4, 0.5) is 19.3 Å². The highest BCUT2D eigenvalue weighted by Crippen LogP contribution is 2.16. The normalized spacial score (nSPS) is 10.6. The summed E-state index contributed by atoms with van der Waals surface area (Å²) in [6.45, 7) is 2.99. The number of carbonyl (C=O) groups is 2. The minimum absolute atomic E-state index is 0.0308. The number of anilines is 1. The van der Waals surface area contributed by atoms with E-state index in [4.69, 9.17) is 9.15 Å². The zero-order chi connectivity index (χ0) is 20.5. The van der Waals surface area contributed by atoms with Gasteiger partial charge in [-0.3, -0.25) is 0 Å². The van der Waals surface area contributed by atoms with E-state index in [0.29, 0.717) is 25.7 Å². The first kappa shape index (κ1) is 21.3. The Labute approximate surface area is 160 Å². The van der Waals surface area contributed by atoms with Crippen molar-refractivity contribution < 1.29 is 32.3 Å². The molecule has 0 fully saturated rings. The van der Waals surface area contributed by atoms with E-state index in [1.165, 1.54) is 12.0 Å². The molecular formula is C18H21F2N3O5. The van der Waals surface area contributed by atoms with Gasteiger partial charge in [-0.1, -0.05) is 0 Å². The van der Waals surface area contributed by atoms with Crippen LogP contribution in [0.15, 0.2) is 28.9 Å². The van der Waals surface area contributed by atoms with Gasteiger partial charge in [-0.15, -0.1) is 0 Å². The molecule has 10 heteroatoms. The summed E-state index contributed by atoms with van der Waals surface area (Å²) in [6.07, 6.45) is 1.63. The van der Waals surface area contributed by atoms with Crippen molar-refractivity contribution in [1.82, 2.24) is 9.88 Å². The third-order valence-electron chi connectivity index (χ3n) is 3.65. The van der Waals surface area contributed by atoms with Crippen molar-refractivity contribution in [3.63, 3.8) is 0 Å². The average Bonchev–Trinajstić information content (AvgIpc) is 3.14. The van der Waals surface area contributed by atoms with E-state index in [-0.39, 0.29) is 30.4 Å². The van der Waals surface area contributed by atoms with Gasteiger partial charge in [0.2, 0.25) is 5.89 Å². The van der Waals surface area contributed by atoms with Gasteiger partial charge in [0.25, 0.3) is 0 Å². The summed E-state index contributed by atoms with van der Waals surface area (Å²) in [5.41, 5.74) is -0.194. The van der Waals surface area contributed by atoms with E-state index in [0.717, 1.165) is 18.4 Å². The molecule has 0 radical (unpaired) electrons. The van der Waals surface area contributed by atoms with Crippen molar-refractivity contribution in [2.75, 3.05) is 32.2 Å². The maximum atomic E-state index is 13.8. The maximum Gasteiger partial charge on any atom is 0.360 e. The van der Waals surface area contributed by atoms with Gasteiger partial charge in [0.05, 0.1) is 19.3 Å². The van der Waals surface area contributed by atoms with Gasteiger partial charge in [-0.25, -0.2) is 23.4 Å². The van der Waals surface area contributed by atoms with Crippen LogP contribution in [0.1, 0.15) is 29.7 Å². The molecule has 2 aromatic rings. The molecule has 1 aromatic carbocycles. The number of urea groups is 1. The molecule has 1 heterocycles. The summed E-state index contributed by atoms with van der Waals surface area (Å²) >= 11 is 0. The van der Waals surface area contributed by atoms with Crippen LogP contribution in [-0.2, 0) is 16.0 Å². The Morgan fingerprint density at radius 1 is 1.32 bits per heavy atom. The Bertz CT molecular complexity index is 812. The third-order valence-corrected chi connectivity index (χ3v) is 3.65. The highest BCUT2D eigenvalue weighted by Gasteiger charge is 2.20. The number of ether oxygens (including phenoxy) is 2. The number of nitrogens with zero attached hydrogens (tertiary/aromatic N) is 2. The largest absolute Gasteiger partial charge is 0.464 e. The predicted molar refractivity (Wildman–Crippen MR) is 94.7 cm³/mol. The molecule has 0 aliphatic heterocycles. The summed E-state index contributed by atoms with van der Waals surface area (Å²) in [5.74, 6) is -2.21. The highest BCUT2D eigenvalue weighted by molar-refractivity contribution is 5.89. The standard InChI is InChI=1S/C18H21F2N3O5/c1-3-27-8-4-7-23(10-16-21-15(11-28-16)17(24)26-2)18(25)22-14-6-5-12(19)9-13(14)20/h5-6,9,11H,3-4,7-8,10H2,1-2H3,(H,22,25). The van der Waals surface area contributed by atoms with E-state index >= 15 is 0 Å². The fourth-order valence-corrected chi connectivity index (χ4v) is 2.28. The molecular weight excluding hydrogens is 376 g/mol. The maximum absolute atomic E-state index is 13.8. The van der Waals surface area contributed by atoms with Crippen LogP contribution in [0.25, 0.3) is 0 Å². The number of hydrogen-bond donors (Lipinski definition) is 1. The molecule has 1 N–H and O–H groups in total. The van der Waals surface area contributed by atoms with E-state index in [9.17, 15) is 18.4 Å². The molecule has 8 nitrogen and oxygen atoms in total. The quantitative estimate of drug-likeness (QED) is 0.516. The molecule has 0 saturated heterocycles. The number of nitrogens with one attached hydrogen (secondary N) is 1. The SMILES string of the molecule is CCOCCCN(Cc1nc(C(=O)OC)co1)C(=O)Nc1ccc(F)cc1F. The van der Waals surface area contributed by atoms with Crippen molar-refractivity contribution in [3.05, 3.63) is 47.7 Å². The zero-order valence-corrected chi connectivity index (χ0v) is 15.5. The lowest BCUT2D eigenvalue weighted by molar-refractivity contribution is 0.0594. The predicted octanol–water partition coefficient (Wildman–Crippen LogP) is 3.20. The fourth-order valence-electron chi connectivity index (χ4n) is 2.28. The molecule has 0 bridgehead atoms. The van der Waals surface area contributed by atoms with Crippen LogP contribution in [-0.4, -0.2) is 48.8 Å². The Morgan fingerprint density at radius 3 is 2.79 bits per heavy atom. The van der Waals surface area contributed by atoms with E-state index in [2.05, 4.69) is 15.0 Å². The molecule has 0 aliphatic carbocycles. The Hall–Kier alpha value is -3.01. The Morgan fingerprint density at radius 2 is 2.11 bits per heavy atom. The molecule has 0 unspecified atom stereocenters. The van der Waals surface area contributed by atoms with Gasteiger partial charge in [0.15, 0.2) is 5.69 Å². The number of methoxy groups -OCH3 is 1. The number of amides is 2. The van der Waals surface area contributed by atoms with Crippen LogP contribution in [0.3, 0.4) is 0 Å². The highest BCUT2D eigenvalue weighted by atomic mass is 19.1. The number of benzene rings is 1. The second-order valence-electron chi connectivity index (χ2n) is 5.64. The smallest absolute Gasteiger partial charge is 0.360 e. The minimum atomic E-state index is -0.897. The summed E-state index contributed by atoms with van der Waals surface area (Å²) in [4.78, 5) is 29.3. The van der Waals surface area contributed by atoms with Crippen molar-refractivity contribution in [2.24, 2.45) is 0 Å².